The Morgan fingerprint density at radius 2 is 1.90 bits per heavy atom. The number of nitrogens with one attached hydrogen (secondary N) is 2. The molecule has 31 heavy (non-hydrogen) atoms. The number of rotatable bonds is 3. The Bertz CT molecular complexity index is 1020. The van der Waals surface area contributed by atoms with E-state index in [4.69, 9.17) is 17.3 Å². The van der Waals surface area contributed by atoms with Crippen LogP contribution < -0.4 is 16.4 Å². The number of likely N-dealkylation sites (tertiary alicyclic amines) is 1. The quantitative estimate of drug-likeness (QED) is 0.611. The van der Waals surface area contributed by atoms with Crippen molar-refractivity contribution in [3.8, 4) is 0 Å². The number of carbonyl (C=O) groups excluding carboxylic acids is 4. The first-order valence-electron chi connectivity index (χ1n) is 10.8. The smallest absolute Gasteiger partial charge is 0.250 e. The summed E-state index contributed by atoms with van der Waals surface area (Å²) in [7, 11) is 0. The topological polar surface area (TPSA) is 122 Å². The lowest BCUT2D eigenvalue weighted by atomic mass is 9.76. The number of amides is 4. The minimum Gasteiger partial charge on any atom is -0.370 e. The van der Waals surface area contributed by atoms with Gasteiger partial charge in [0.1, 0.15) is 5.54 Å². The van der Waals surface area contributed by atoms with Gasteiger partial charge in [0.2, 0.25) is 23.6 Å². The maximum atomic E-state index is 13.8. The fourth-order valence-corrected chi connectivity index (χ4v) is 6.43. The van der Waals surface area contributed by atoms with Gasteiger partial charge in [0.05, 0.1) is 22.5 Å². The zero-order valence-electron chi connectivity index (χ0n) is 17.2. The Morgan fingerprint density at radius 1 is 1.19 bits per heavy atom. The molecule has 1 spiro atoms. The van der Waals surface area contributed by atoms with Gasteiger partial charge in [0, 0.05) is 24.1 Å². The molecule has 0 radical (unpaired) electrons. The molecule has 0 bridgehead atoms. The van der Waals surface area contributed by atoms with E-state index in [1.807, 2.05) is 13.0 Å². The fourth-order valence-electron chi connectivity index (χ4n) is 6.11. The molecule has 4 aliphatic rings. The lowest BCUT2D eigenvalue weighted by Gasteiger charge is -2.33. The summed E-state index contributed by atoms with van der Waals surface area (Å²) in [5.41, 5.74) is 5.84. The SMILES string of the molecule is Cc1cc(Cl)c2c(c1)C1(NC(CC(N)=O)C3C(=O)N(C4CCCCC4)C(=O)C31)C(=O)N2. The molecular weight excluding hydrogens is 420 g/mol. The minimum absolute atomic E-state index is 0.136. The largest absolute Gasteiger partial charge is 0.370 e. The van der Waals surface area contributed by atoms with Crippen LogP contribution in [0, 0.1) is 18.8 Å². The molecule has 4 N–H and O–H groups in total. The standard InChI is InChI=1S/C22H25ClN4O4/c1-10-7-12-18(13(23)8-10)25-21(31)22(12)17-16(14(26-22)9-15(24)28)19(29)27(20(17)30)11-5-3-2-4-6-11/h7-8,11,14,16-17,26H,2-6,9H2,1H3,(H2,24,28)(H,25,31). The Balaban J connectivity index is 1.65. The molecule has 4 atom stereocenters. The fraction of sp³-hybridized carbons (Fsp3) is 0.545. The highest BCUT2D eigenvalue weighted by atomic mass is 35.5. The van der Waals surface area contributed by atoms with E-state index in [1.54, 1.807) is 6.07 Å². The number of fused-ring (bicyclic) bond motifs is 4. The van der Waals surface area contributed by atoms with Crippen molar-refractivity contribution < 1.29 is 19.2 Å². The summed E-state index contributed by atoms with van der Waals surface area (Å²) < 4.78 is 0. The third kappa shape index (κ3) is 2.77. The van der Waals surface area contributed by atoms with Crippen LogP contribution in [-0.4, -0.2) is 40.6 Å². The van der Waals surface area contributed by atoms with Crippen LogP contribution in [-0.2, 0) is 24.7 Å². The number of benzene rings is 1. The second kappa shape index (κ2) is 7.03. The maximum Gasteiger partial charge on any atom is 0.250 e. The van der Waals surface area contributed by atoms with Gasteiger partial charge in [-0.1, -0.05) is 36.9 Å². The first kappa shape index (κ1) is 20.5. The summed E-state index contributed by atoms with van der Waals surface area (Å²) in [5, 5.41) is 6.39. The summed E-state index contributed by atoms with van der Waals surface area (Å²) in [6, 6.07) is 2.69. The van der Waals surface area contributed by atoms with Gasteiger partial charge in [-0.15, -0.1) is 0 Å². The third-order valence-electron chi connectivity index (χ3n) is 7.32. The van der Waals surface area contributed by atoms with E-state index in [0.717, 1.165) is 37.7 Å². The molecule has 1 aromatic carbocycles. The highest BCUT2D eigenvalue weighted by Crippen LogP contribution is 2.55. The van der Waals surface area contributed by atoms with E-state index in [1.165, 1.54) is 4.90 Å². The molecule has 164 valence electrons. The van der Waals surface area contributed by atoms with Gasteiger partial charge in [-0.2, -0.15) is 0 Å². The number of nitrogens with zero attached hydrogens (tertiary/aromatic N) is 1. The number of carbonyl (C=O) groups is 4. The third-order valence-corrected chi connectivity index (χ3v) is 7.61. The van der Waals surface area contributed by atoms with Crippen molar-refractivity contribution in [3.05, 3.63) is 28.3 Å². The number of halogens is 1. The molecule has 5 rings (SSSR count). The number of hydrogen-bond donors (Lipinski definition) is 3. The van der Waals surface area contributed by atoms with Crippen LogP contribution in [0.1, 0.15) is 49.7 Å². The molecule has 1 aliphatic carbocycles. The lowest BCUT2D eigenvalue weighted by Crippen LogP contribution is -2.54. The summed E-state index contributed by atoms with van der Waals surface area (Å²) in [4.78, 5) is 53.9. The van der Waals surface area contributed by atoms with Crippen LogP contribution >= 0.6 is 11.6 Å². The Labute approximate surface area is 184 Å². The normalized spacial score (nSPS) is 32.5. The lowest BCUT2D eigenvalue weighted by molar-refractivity contribution is -0.146. The van der Waals surface area contributed by atoms with E-state index < -0.39 is 35.2 Å². The van der Waals surface area contributed by atoms with Crippen molar-refractivity contribution in [1.29, 1.82) is 0 Å². The second-order valence-electron chi connectivity index (χ2n) is 9.19. The van der Waals surface area contributed by atoms with Crippen LogP contribution in [0.3, 0.4) is 0 Å². The number of nitrogens with two attached hydrogens (primary N) is 1. The molecule has 4 unspecified atom stereocenters. The van der Waals surface area contributed by atoms with Gasteiger partial charge in [0.25, 0.3) is 0 Å². The molecule has 3 heterocycles. The van der Waals surface area contributed by atoms with Gasteiger partial charge in [-0.25, -0.2) is 0 Å². The average Bonchev–Trinajstić information content (AvgIpc) is 3.28. The van der Waals surface area contributed by atoms with Crippen LogP contribution in [0.25, 0.3) is 0 Å². The van der Waals surface area contributed by atoms with Crippen molar-refractivity contribution in [2.75, 3.05) is 5.32 Å². The van der Waals surface area contributed by atoms with E-state index in [2.05, 4.69) is 10.6 Å². The van der Waals surface area contributed by atoms with E-state index in [0.29, 0.717) is 16.3 Å². The highest BCUT2D eigenvalue weighted by Gasteiger charge is 2.71. The van der Waals surface area contributed by atoms with E-state index >= 15 is 0 Å². The molecule has 2 saturated heterocycles. The second-order valence-corrected chi connectivity index (χ2v) is 9.60. The number of anilines is 1. The number of imide groups is 1. The Hall–Kier alpha value is -2.45. The molecule has 4 amide bonds. The van der Waals surface area contributed by atoms with Gasteiger partial charge < -0.3 is 11.1 Å². The molecular formula is C22H25ClN4O4. The molecule has 3 fully saturated rings. The number of primary amides is 1. The predicted octanol–water partition coefficient (Wildman–Crippen LogP) is 1.58. The molecule has 3 aliphatic heterocycles. The van der Waals surface area contributed by atoms with Crippen LogP contribution in [0.4, 0.5) is 5.69 Å². The average molecular weight is 445 g/mol. The first-order chi connectivity index (χ1) is 14.8. The van der Waals surface area contributed by atoms with Gasteiger partial charge in [0.15, 0.2) is 0 Å². The molecule has 0 aromatic heterocycles. The van der Waals surface area contributed by atoms with Crippen molar-refractivity contribution >= 4 is 40.9 Å². The zero-order chi connectivity index (χ0) is 22.1. The molecule has 9 heteroatoms. The van der Waals surface area contributed by atoms with Crippen molar-refractivity contribution in [2.45, 2.75) is 63.1 Å². The van der Waals surface area contributed by atoms with E-state index in [-0.39, 0.29) is 24.3 Å². The van der Waals surface area contributed by atoms with E-state index in [9.17, 15) is 19.2 Å². The van der Waals surface area contributed by atoms with Crippen LogP contribution in [0.15, 0.2) is 12.1 Å². The molecule has 1 aromatic rings. The summed E-state index contributed by atoms with van der Waals surface area (Å²) in [6.07, 6.45) is 4.41. The maximum absolute atomic E-state index is 13.8. The molecule has 8 nitrogen and oxygen atoms in total. The minimum atomic E-state index is -1.45. The summed E-state index contributed by atoms with van der Waals surface area (Å²) in [6.45, 7) is 1.85. The summed E-state index contributed by atoms with van der Waals surface area (Å²) in [5.74, 6) is -3.43. The van der Waals surface area contributed by atoms with Gasteiger partial charge >= 0.3 is 0 Å². The van der Waals surface area contributed by atoms with Gasteiger partial charge in [-0.05, 0) is 31.4 Å². The predicted molar refractivity (Wildman–Crippen MR) is 113 cm³/mol. The zero-order valence-corrected chi connectivity index (χ0v) is 18.0. The monoisotopic (exact) mass is 444 g/mol. The highest BCUT2D eigenvalue weighted by molar-refractivity contribution is 6.35. The molecule has 1 saturated carbocycles. The Morgan fingerprint density at radius 3 is 2.58 bits per heavy atom. The van der Waals surface area contributed by atoms with Crippen molar-refractivity contribution in [2.24, 2.45) is 17.6 Å². The van der Waals surface area contributed by atoms with Crippen LogP contribution in [0.2, 0.25) is 5.02 Å². The first-order valence-corrected chi connectivity index (χ1v) is 11.2. The van der Waals surface area contributed by atoms with Crippen molar-refractivity contribution in [3.63, 3.8) is 0 Å². The number of aryl methyl sites for hydroxylation is 1. The van der Waals surface area contributed by atoms with Gasteiger partial charge in [-0.3, -0.25) is 29.4 Å². The van der Waals surface area contributed by atoms with Crippen LogP contribution in [0.5, 0.6) is 0 Å². The Kier molecular flexibility index (Phi) is 4.64. The number of hydrogen-bond acceptors (Lipinski definition) is 5. The van der Waals surface area contributed by atoms with Crippen molar-refractivity contribution in [1.82, 2.24) is 10.2 Å². The summed E-state index contributed by atoms with van der Waals surface area (Å²) >= 11 is 6.40.